The van der Waals surface area contributed by atoms with Gasteiger partial charge in [-0.3, -0.25) is 9.59 Å². The molecule has 0 bridgehead atoms. The van der Waals surface area contributed by atoms with Gasteiger partial charge in [0.2, 0.25) is 0 Å². The van der Waals surface area contributed by atoms with E-state index in [1.165, 1.54) is 17.0 Å². The van der Waals surface area contributed by atoms with Crippen LogP contribution in [0.2, 0.25) is 0 Å². The molecule has 0 atom stereocenters. The van der Waals surface area contributed by atoms with Gasteiger partial charge in [-0.25, -0.2) is 4.39 Å². The lowest BCUT2D eigenvalue weighted by atomic mass is 10.1. The molecule has 26 heavy (non-hydrogen) atoms. The molecule has 0 aliphatic rings. The van der Waals surface area contributed by atoms with Gasteiger partial charge in [-0.15, -0.1) is 0 Å². The number of hydrogen-bond acceptors (Lipinski definition) is 3. The summed E-state index contributed by atoms with van der Waals surface area (Å²) in [6.45, 7) is -0.151. The number of nitrogens with one attached hydrogen (secondary N) is 1. The Morgan fingerprint density at radius 3 is 2.46 bits per heavy atom. The fourth-order valence-electron chi connectivity index (χ4n) is 2.00. The van der Waals surface area contributed by atoms with Gasteiger partial charge in [0.15, 0.2) is 18.2 Å². The van der Waals surface area contributed by atoms with Gasteiger partial charge >= 0.3 is 0 Å². The normalized spacial score (nSPS) is 9.65. The number of rotatable bonds is 5. The summed E-state index contributed by atoms with van der Waals surface area (Å²) in [4.78, 5) is 24.9. The van der Waals surface area contributed by atoms with Crippen LogP contribution < -0.4 is 10.1 Å². The zero-order valence-corrected chi connectivity index (χ0v) is 14.6. The summed E-state index contributed by atoms with van der Waals surface area (Å²) in [5.41, 5.74) is 1.32. The molecule has 134 valence electrons. The number of halogens is 1. The highest BCUT2D eigenvalue weighted by molar-refractivity contribution is 5.93. The molecule has 0 heterocycles. The smallest absolute Gasteiger partial charge is 0.258 e. The van der Waals surface area contributed by atoms with E-state index < -0.39 is 11.7 Å². The van der Waals surface area contributed by atoms with Gasteiger partial charge in [0.1, 0.15) is 0 Å². The first-order valence-corrected chi connectivity index (χ1v) is 7.92. The van der Waals surface area contributed by atoms with E-state index in [0.717, 1.165) is 5.56 Å². The third kappa shape index (κ3) is 5.64. The molecule has 2 aromatic rings. The van der Waals surface area contributed by atoms with Gasteiger partial charge in [0.25, 0.3) is 11.8 Å². The Hall–Kier alpha value is -3.33. The quantitative estimate of drug-likeness (QED) is 0.837. The van der Waals surface area contributed by atoms with E-state index in [0.29, 0.717) is 5.56 Å². The molecular weight excluding hydrogens is 335 g/mol. The van der Waals surface area contributed by atoms with E-state index in [-0.39, 0.29) is 24.8 Å². The Bertz CT molecular complexity index is 836. The molecule has 2 aromatic carbocycles. The molecule has 5 nitrogen and oxygen atoms in total. The maximum atomic E-state index is 13.4. The van der Waals surface area contributed by atoms with Crippen molar-refractivity contribution in [1.82, 2.24) is 10.2 Å². The minimum atomic E-state index is -0.517. The van der Waals surface area contributed by atoms with E-state index in [9.17, 15) is 14.0 Å². The highest BCUT2D eigenvalue weighted by Gasteiger charge is 2.07. The van der Waals surface area contributed by atoms with Crippen LogP contribution in [-0.4, -0.2) is 44.0 Å². The molecule has 2 amide bonds. The van der Waals surface area contributed by atoms with Gasteiger partial charge in [0.05, 0.1) is 6.54 Å². The molecule has 0 fully saturated rings. The van der Waals surface area contributed by atoms with E-state index >= 15 is 0 Å². The maximum Gasteiger partial charge on any atom is 0.258 e. The summed E-state index contributed by atoms with van der Waals surface area (Å²) in [6.07, 6.45) is 0. The average Bonchev–Trinajstić information content (AvgIpc) is 2.64. The first-order valence-electron chi connectivity index (χ1n) is 7.92. The number of amides is 2. The van der Waals surface area contributed by atoms with Gasteiger partial charge in [-0.1, -0.05) is 24.0 Å². The van der Waals surface area contributed by atoms with Crippen LogP contribution in [0.3, 0.4) is 0 Å². The zero-order valence-electron chi connectivity index (χ0n) is 14.6. The number of para-hydroxylation sites is 1. The second-order valence-electron chi connectivity index (χ2n) is 5.57. The number of carbonyl (C=O) groups is 2. The van der Waals surface area contributed by atoms with Crippen molar-refractivity contribution < 1.29 is 18.7 Å². The van der Waals surface area contributed by atoms with E-state index in [4.69, 9.17) is 4.74 Å². The van der Waals surface area contributed by atoms with Crippen molar-refractivity contribution in [2.45, 2.75) is 0 Å². The predicted octanol–water partition coefficient (Wildman–Crippen LogP) is 2.07. The molecule has 2 rings (SSSR count). The molecular formula is C20H19FN2O3. The second-order valence-corrected chi connectivity index (χ2v) is 5.57. The number of nitrogens with zero attached hydrogens (tertiary/aromatic N) is 1. The molecule has 0 saturated carbocycles. The summed E-state index contributed by atoms with van der Waals surface area (Å²) in [5, 5.41) is 2.57. The van der Waals surface area contributed by atoms with E-state index in [1.807, 2.05) is 0 Å². The minimum absolute atomic E-state index is 0.0288. The SMILES string of the molecule is CN(C)C(=O)c1ccc(C#CCNC(=O)COc2ccccc2F)cc1. The second kappa shape index (κ2) is 9.23. The van der Waals surface area contributed by atoms with E-state index in [2.05, 4.69) is 17.2 Å². The first-order chi connectivity index (χ1) is 12.5. The highest BCUT2D eigenvalue weighted by atomic mass is 19.1. The van der Waals surface area contributed by atoms with Crippen LogP contribution in [0.25, 0.3) is 0 Å². The molecule has 6 heteroatoms. The largest absolute Gasteiger partial charge is 0.481 e. The Morgan fingerprint density at radius 1 is 1.12 bits per heavy atom. The lowest BCUT2D eigenvalue weighted by Crippen LogP contribution is -2.29. The van der Waals surface area contributed by atoms with Crippen LogP contribution in [-0.2, 0) is 4.79 Å². The Morgan fingerprint density at radius 2 is 1.81 bits per heavy atom. The third-order valence-corrected chi connectivity index (χ3v) is 3.34. The highest BCUT2D eigenvalue weighted by Crippen LogP contribution is 2.14. The summed E-state index contributed by atoms with van der Waals surface area (Å²) >= 11 is 0. The molecule has 0 unspecified atom stereocenters. The number of hydrogen-bond donors (Lipinski definition) is 1. The first kappa shape index (κ1) is 19.0. The van der Waals surface area contributed by atoms with Gasteiger partial charge in [-0.2, -0.15) is 0 Å². The van der Waals surface area contributed by atoms with E-state index in [1.54, 1.807) is 50.5 Å². The van der Waals surface area contributed by atoms with Crippen molar-refractivity contribution in [3.8, 4) is 17.6 Å². The molecule has 0 aliphatic heterocycles. The summed E-state index contributed by atoms with van der Waals surface area (Å²) < 4.78 is 18.5. The summed E-state index contributed by atoms with van der Waals surface area (Å²) in [6, 6.07) is 12.8. The lowest BCUT2D eigenvalue weighted by Gasteiger charge is -2.09. The van der Waals surface area contributed by atoms with Gasteiger partial charge in [0, 0.05) is 25.2 Å². The number of carbonyl (C=O) groups excluding carboxylic acids is 2. The monoisotopic (exact) mass is 354 g/mol. The van der Waals surface area contributed by atoms with Crippen molar-refractivity contribution in [3.63, 3.8) is 0 Å². The third-order valence-electron chi connectivity index (χ3n) is 3.34. The summed E-state index contributed by atoms with van der Waals surface area (Å²) in [5.74, 6) is 4.73. The molecule has 0 saturated heterocycles. The molecule has 0 aliphatic carbocycles. The molecule has 1 N–H and O–H groups in total. The van der Waals surface area contributed by atoms with Crippen molar-refractivity contribution in [1.29, 1.82) is 0 Å². The van der Waals surface area contributed by atoms with Crippen LogP contribution in [0.5, 0.6) is 5.75 Å². The van der Waals surface area contributed by atoms with Gasteiger partial charge < -0.3 is 15.0 Å². The van der Waals surface area contributed by atoms with Crippen LogP contribution in [0.1, 0.15) is 15.9 Å². The lowest BCUT2D eigenvalue weighted by molar-refractivity contribution is -0.122. The zero-order chi connectivity index (χ0) is 18.9. The fraction of sp³-hybridized carbons (Fsp3) is 0.200. The van der Waals surface area contributed by atoms with Crippen molar-refractivity contribution in [2.75, 3.05) is 27.2 Å². The maximum absolute atomic E-state index is 13.4. The van der Waals surface area contributed by atoms with Crippen LogP contribution >= 0.6 is 0 Å². The fourth-order valence-corrected chi connectivity index (χ4v) is 2.00. The topological polar surface area (TPSA) is 58.6 Å². The van der Waals surface area contributed by atoms with Crippen molar-refractivity contribution in [3.05, 3.63) is 65.5 Å². The summed E-state index contributed by atoms with van der Waals surface area (Å²) in [7, 11) is 3.38. The molecule has 0 spiro atoms. The Labute approximate surface area is 151 Å². The minimum Gasteiger partial charge on any atom is -0.481 e. The van der Waals surface area contributed by atoms with Crippen molar-refractivity contribution >= 4 is 11.8 Å². The van der Waals surface area contributed by atoms with Crippen LogP contribution in [0.15, 0.2) is 48.5 Å². The van der Waals surface area contributed by atoms with Gasteiger partial charge in [-0.05, 0) is 36.4 Å². The predicted molar refractivity (Wildman–Crippen MR) is 96.2 cm³/mol. The molecule has 0 radical (unpaired) electrons. The van der Waals surface area contributed by atoms with Crippen LogP contribution in [0, 0.1) is 17.7 Å². The number of ether oxygens (including phenoxy) is 1. The van der Waals surface area contributed by atoms with Crippen LogP contribution in [0.4, 0.5) is 4.39 Å². The Balaban J connectivity index is 1.78. The Kier molecular flexibility index (Phi) is 6.75. The standard InChI is InChI=1S/C20H19FN2O3/c1-23(2)20(25)16-11-9-15(10-12-16)6-5-13-22-19(24)14-26-18-8-4-3-7-17(18)21/h3-4,7-12H,13-14H2,1-2H3,(H,22,24). The molecule has 0 aromatic heterocycles. The average molecular weight is 354 g/mol. The van der Waals surface area contributed by atoms with Crippen molar-refractivity contribution in [2.24, 2.45) is 0 Å². The number of benzene rings is 2.